The molecule has 0 amide bonds. The Morgan fingerprint density at radius 1 is 0.818 bits per heavy atom. The van der Waals surface area contributed by atoms with Crippen molar-refractivity contribution in [3.63, 3.8) is 0 Å². The fraction of sp³-hybridized carbons (Fsp3) is 1.00. The summed E-state index contributed by atoms with van der Waals surface area (Å²) in [6.07, 6.45) is 5.84. The highest BCUT2D eigenvalue weighted by atomic mass is 28.3. The second-order valence-corrected chi connectivity index (χ2v) is 7.47. The molecule has 0 aliphatic heterocycles. The molecule has 1 heteroatoms. The maximum Gasteiger partial charge on any atom is 0.0362 e. The molecule has 0 aliphatic rings. The van der Waals surface area contributed by atoms with Crippen LogP contribution in [0.1, 0.15) is 46.5 Å². The van der Waals surface area contributed by atoms with Crippen molar-refractivity contribution >= 4 is 8.80 Å². The quantitative estimate of drug-likeness (QED) is 0.404. The molecule has 0 aromatic carbocycles. The standard InChI is InChI=1S/C10H24Si/c1-4-7-8-9-10-11(5-2)6-3/h11H,4-10H2,1-3H3. The van der Waals surface area contributed by atoms with Gasteiger partial charge in [0.25, 0.3) is 0 Å². The van der Waals surface area contributed by atoms with Crippen molar-refractivity contribution in [2.45, 2.75) is 64.6 Å². The lowest BCUT2D eigenvalue weighted by Gasteiger charge is -2.08. The molecule has 0 radical (unpaired) electrons. The predicted molar refractivity (Wildman–Crippen MR) is 57.1 cm³/mol. The molecule has 0 aromatic rings. The summed E-state index contributed by atoms with van der Waals surface area (Å²) in [4.78, 5) is 0. The van der Waals surface area contributed by atoms with Crippen LogP contribution in [0.4, 0.5) is 0 Å². The van der Waals surface area contributed by atoms with E-state index in [0.29, 0.717) is 0 Å². The Kier molecular flexibility index (Phi) is 8.48. The summed E-state index contributed by atoms with van der Waals surface area (Å²) < 4.78 is 0. The predicted octanol–water partition coefficient (Wildman–Crippen LogP) is 3.83. The molecule has 0 bridgehead atoms. The van der Waals surface area contributed by atoms with Crippen LogP contribution in [0.15, 0.2) is 0 Å². The molecule has 0 spiro atoms. The van der Waals surface area contributed by atoms with Crippen LogP contribution in [-0.4, -0.2) is 8.80 Å². The van der Waals surface area contributed by atoms with E-state index in [1.54, 1.807) is 6.04 Å². The van der Waals surface area contributed by atoms with Crippen molar-refractivity contribution in [1.29, 1.82) is 0 Å². The topological polar surface area (TPSA) is 0 Å². The lowest BCUT2D eigenvalue weighted by atomic mass is 10.2. The van der Waals surface area contributed by atoms with Crippen molar-refractivity contribution < 1.29 is 0 Å². The average molecular weight is 172 g/mol. The van der Waals surface area contributed by atoms with E-state index < -0.39 is 0 Å². The highest BCUT2D eigenvalue weighted by Crippen LogP contribution is 2.11. The van der Waals surface area contributed by atoms with Gasteiger partial charge in [-0.25, -0.2) is 0 Å². The van der Waals surface area contributed by atoms with E-state index in [9.17, 15) is 0 Å². The van der Waals surface area contributed by atoms with Gasteiger partial charge in [-0.3, -0.25) is 0 Å². The van der Waals surface area contributed by atoms with Crippen molar-refractivity contribution in [1.82, 2.24) is 0 Å². The molecular weight excluding hydrogens is 148 g/mol. The van der Waals surface area contributed by atoms with Crippen LogP contribution in [0.3, 0.4) is 0 Å². The third-order valence-electron chi connectivity index (χ3n) is 2.62. The molecule has 0 unspecified atom stereocenters. The monoisotopic (exact) mass is 172 g/mol. The van der Waals surface area contributed by atoms with Crippen LogP contribution < -0.4 is 0 Å². The Morgan fingerprint density at radius 3 is 1.91 bits per heavy atom. The summed E-state index contributed by atoms with van der Waals surface area (Å²) >= 11 is 0. The van der Waals surface area contributed by atoms with Gasteiger partial charge in [0, 0.05) is 8.80 Å². The molecule has 0 nitrogen and oxygen atoms in total. The van der Waals surface area contributed by atoms with Crippen LogP contribution in [0.5, 0.6) is 0 Å². The first kappa shape index (κ1) is 11.2. The minimum Gasteiger partial charge on any atom is -0.0680 e. The number of rotatable bonds is 7. The molecule has 0 aromatic heterocycles. The molecule has 68 valence electrons. The van der Waals surface area contributed by atoms with Gasteiger partial charge in [0.15, 0.2) is 0 Å². The van der Waals surface area contributed by atoms with Crippen LogP contribution in [0, 0.1) is 0 Å². The number of hydrogen-bond donors (Lipinski definition) is 0. The molecule has 0 saturated carbocycles. The minimum absolute atomic E-state index is 0.235. The van der Waals surface area contributed by atoms with Gasteiger partial charge in [0.2, 0.25) is 0 Å². The second kappa shape index (κ2) is 8.31. The highest BCUT2D eigenvalue weighted by Gasteiger charge is 2.03. The average Bonchev–Trinajstić information content (AvgIpc) is 2.05. The molecule has 11 heavy (non-hydrogen) atoms. The molecule has 0 saturated heterocycles. The molecule has 0 aliphatic carbocycles. The zero-order valence-corrected chi connectivity index (χ0v) is 9.68. The fourth-order valence-corrected chi connectivity index (χ4v) is 3.82. The van der Waals surface area contributed by atoms with E-state index in [1.807, 2.05) is 0 Å². The Bertz CT molecular complexity index is 67.3. The van der Waals surface area contributed by atoms with Crippen molar-refractivity contribution in [3.8, 4) is 0 Å². The Balaban J connectivity index is 3.07. The fourth-order valence-electron chi connectivity index (χ4n) is 1.56. The number of unbranched alkanes of at least 4 members (excludes halogenated alkanes) is 3. The molecule has 0 heterocycles. The van der Waals surface area contributed by atoms with E-state index in [2.05, 4.69) is 20.8 Å². The maximum absolute atomic E-state index is 2.38. The first-order chi connectivity index (χ1) is 5.35. The van der Waals surface area contributed by atoms with Crippen LogP contribution in [0.2, 0.25) is 18.1 Å². The number of hydrogen-bond acceptors (Lipinski definition) is 0. The van der Waals surface area contributed by atoms with Crippen LogP contribution in [0.25, 0.3) is 0 Å². The van der Waals surface area contributed by atoms with Crippen molar-refractivity contribution in [2.75, 3.05) is 0 Å². The van der Waals surface area contributed by atoms with Crippen LogP contribution in [-0.2, 0) is 0 Å². The van der Waals surface area contributed by atoms with Gasteiger partial charge in [0.05, 0.1) is 0 Å². The summed E-state index contributed by atoms with van der Waals surface area (Å²) in [6.45, 7) is 7.04. The first-order valence-electron chi connectivity index (χ1n) is 5.35. The van der Waals surface area contributed by atoms with E-state index in [1.165, 1.54) is 37.8 Å². The van der Waals surface area contributed by atoms with Gasteiger partial charge < -0.3 is 0 Å². The lowest BCUT2D eigenvalue weighted by molar-refractivity contribution is 0.697. The van der Waals surface area contributed by atoms with Gasteiger partial charge in [-0.2, -0.15) is 0 Å². The van der Waals surface area contributed by atoms with E-state index in [-0.39, 0.29) is 8.80 Å². The Morgan fingerprint density at radius 2 is 1.45 bits per heavy atom. The Hall–Kier alpha value is 0.217. The molecule has 0 atom stereocenters. The van der Waals surface area contributed by atoms with Gasteiger partial charge in [0.1, 0.15) is 0 Å². The zero-order chi connectivity index (χ0) is 8.53. The summed E-state index contributed by atoms with van der Waals surface area (Å²) in [5.74, 6) is 0. The summed E-state index contributed by atoms with van der Waals surface area (Å²) in [7, 11) is -0.235. The maximum atomic E-state index is 2.38. The largest absolute Gasteiger partial charge is 0.0680 e. The van der Waals surface area contributed by atoms with Gasteiger partial charge >= 0.3 is 0 Å². The minimum atomic E-state index is -0.235. The van der Waals surface area contributed by atoms with Crippen molar-refractivity contribution in [2.24, 2.45) is 0 Å². The van der Waals surface area contributed by atoms with Gasteiger partial charge in [-0.1, -0.05) is 64.6 Å². The summed E-state index contributed by atoms with van der Waals surface area (Å²) in [5.41, 5.74) is 0. The molecule has 0 N–H and O–H groups in total. The molecular formula is C10H24Si. The summed E-state index contributed by atoms with van der Waals surface area (Å²) in [5, 5.41) is 0. The highest BCUT2D eigenvalue weighted by molar-refractivity contribution is 6.58. The Labute approximate surface area is 74.0 Å². The van der Waals surface area contributed by atoms with Crippen LogP contribution >= 0.6 is 0 Å². The molecule has 0 rings (SSSR count). The van der Waals surface area contributed by atoms with E-state index in [4.69, 9.17) is 0 Å². The SMILES string of the molecule is CCCCCC[SiH](CC)CC. The third kappa shape index (κ3) is 6.61. The van der Waals surface area contributed by atoms with E-state index in [0.717, 1.165) is 0 Å². The summed E-state index contributed by atoms with van der Waals surface area (Å²) in [6, 6.07) is 4.64. The van der Waals surface area contributed by atoms with Gasteiger partial charge in [-0.05, 0) is 0 Å². The molecule has 0 fully saturated rings. The van der Waals surface area contributed by atoms with Gasteiger partial charge in [-0.15, -0.1) is 0 Å². The lowest BCUT2D eigenvalue weighted by Crippen LogP contribution is -2.07. The van der Waals surface area contributed by atoms with Crippen molar-refractivity contribution in [3.05, 3.63) is 0 Å². The smallest absolute Gasteiger partial charge is 0.0362 e. The first-order valence-corrected chi connectivity index (χ1v) is 7.80. The van der Waals surface area contributed by atoms with E-state index >= 15 is 0 Å². The normalized spacial score (nSPS) is 10.9. The third-order valence-corrected chi connectivity index (χ3v) is 6.15. The second-order valence-electron chi connectivity index (χ2n) is 3.53. The zero-order valence-electron chi connectivity index (χ0n) is 8.53.